The molecule has 0 aromatic rings. The first kappa shape index (κ1) is 13.3. The van der Waals surface area contributed by atoms with E-state index < -0.39 is 9.05 Å². The molecule has 0 bridgehead atoms. The molecule has 0 N–H and O–H groups in total. The van der Waals surface area contributed by atoms with Crippen molar-refractivity contribution in [2.75, 3.05) is 12.4 Å². The standard InChI is InChI=1S/C10H19ClO3S/c1-9-4-5-10(8-9)14-6-2-3-7-15(11,12)13/h9-10H,2-8H2,1H3. The van der Waals surface area contributed by atoms with Gasteiger partial charge in [0.1, 0.15) is 0 Å². The van der Waals surface area contributed by atoms with Gasteiger partial charge in [-0.25, -0.2) is 8.42 Å². The Labute approximate surface area is 96.6 Å². The monoisotopic (exact) mass is 254 g/mol. The number of hydrogen-bond donors (Lipinski definition) is 0. The van der Waals surface area contributed by atoms with Gasteiger partial charge in [-0.3, -0.25) is 0 Å². The fourth-order valence-electron chi connectivity index (χ4n) is 1.93. The van der Waals surface area contributed by atoms with E-state index >= 15 is 0 Å². The van der Waals surface area contributed by atoms with Gasteiger partial charge < -0.3 is 4.74 Å². The molecule has 90 valence electrons. The first-order valence-electron chi connectivity index (χ1n) is 5.51. The van der Waals surface area contributed by atoms with Crippen LogP contribution in [-0.4, -0.2) is 26.9 Å². The fraction of sp³-hybridized carbons (Fsp3) is 1.00. The number of rotatable bonds is 6. The summed E-state index contributed by atoms with van der Waals surface area (Å²) in [6.07, 6.45) is 5.31. The lowest BCUT2D eigenvalue weighted by molar-refractivity contribution is 0.0543. The van der Waals surface area contributed by atoms with Gasteiger partial charge in [-0.15, -0.1) is 0 Å². The zero-order valence-corrected chi connectivity index (χ0v) is 10.7. The maximum atomic E-state index is 10.6. The van der Waals surface area contributed by atoms with Gasteiger partial charge >= 0.3 is 0 Å². The predicted octanol–water partition coefficient (Wildman–Crippen LogP) is 2.54. The van der Waals surface area contributed by atoms with Gasteiger partial charge in [0.25, 0.3) is 0 Å². The van der Waals surface area contributed by atoms with Crippen molar-refractivity contribution in [3.63, 3.8) is 0 Å². The van der Waals surface area contributed by atoms with E-state index in [0.29, 0.717) is 19.1 Å². The maximum Gasteiger partial charge on any atom is 0.232 e. The van der Waals surface area contributed by atoms with E-state index in [1.807, 2.05) is 0 Å². The molecular weight excluding hydrogens is 236 g/mol. The van der Waals surface area contributed by atoms with E-state index in [2.05, 4.69) is 6.92 Å². The summed E-state index contributed by atoms with van der Waals surface area (Å²) in [6, 6.07) is 0. The van der Waals surface area contributed by atoms with E-state index in [1.165, 1.54) is 6.42 Å². The van der Waals surface area contributed by atoms with Crippen molar-refractivity contribution in [1.29, 1.82) is 0 Å². The van der Waals surface area contributed by atoms with Crippen molar-refractivity contribution >= 4 is 19.7 Å². The van der Waals surface area contributed by atoms with Crippen LogP contribution < -0.4 is 0 Å². The van der Waals surface area contributed by atoms with Crippen LogP contribution in [0.2, 0.25) is 0 Å². The topological polar surface area (TPSA) is 43.4 Å². The molecule has 0 heterocycles. The molecule has 0 spiro atoms. The van der Waals surface area contributed by atoms with Gasteiger partial charge in [-0.2, -0.15) is 0 Å². The van der Waals surface area contributed by atoms with Gasteiger partial charge in [0.2, 0.25) is 9.05 Å². The Balaban J connectivity index is 1.98. The third-order valence-corrected chi connectivity index (χ3v) is 4.02. The minimum absolute atomic E-state index is 0.0545. The molecule has 5 heteroatoms. The Morgan fingerprint density at radius 3 is 2.60 bits per heavy atom. The van der Waals surface area contributed by atoms with Crippen molar-refractivity contribution < 1.29 is 13.2 Å². The Hall–Kier alpha value is 0.200. The molecule has 1 fully saturated rings. The number of ether oxygens (including phenoxy) is 1. The molecule has 0 amide bonds. The number of halogens is 1. The van der Waals surface area contributed by atoms with Crippen LogP contribution in [0.3, 0.4) is 0 Å². The third-order valence-electron chi connectivity index (χ3n) is 2.78. The van der Waals surface area contributed by atoms with Crippen LogP contribution in [0.25, 0.3) is 0 Å². The summed E-state index contributed by atoms with van der Waals surface area (Å²) >= 11 is 0. The first-order valence-corrected chi connectivity index (χ1v) is 7.99. The van der Waals surface area contributed by atoms with Gasteiger partial charge in [-0.1, -0.05) is 6.92 Å². The minimum Gasteiger partial charge on any atom is -0.378 e. The predicted molar refractivity (Wildman–Crippen MR) is 61.6 cm³/mol. The molecule has 3 nitrogen and oxygen atoms in total. The summed E-state index contributed by atoms with van der Waals surface area (Å²) in [5.41, 5.74) is 0. The molecule has 0 radical (unpaired) electrons. The largest absolute Gasteiger partial charge is 0.378 e. The second-order valence-corrected chi connectivity index (χ2v) is 7.26. The molecule has 2 unspecified atom stereocenters. The molecular formula is C10H19ClO3S. The van der Waals surface area contributed by atoms with Gasteiger partial charge in [0.15, 0.2) is 0 Å². The Morgan fingerprint density at radius 1 is 1.33 bits per heavy atom. The fourth-order valence-corrected chi connectivity index (χ4v) is 2.81. The van der Waals surface area contributed by atoms with Crippen molar-refractivity contribution in [3.8, 4) is 0 Å². The van der Waals surface area contributed by atoms with Crippen molar-refractivity contribution in [2.24, 2.45) is 5.92 Å². The molecule has 0 aliphatic heterocycles. The number of unbranched alkanes of at least 4 members (excludes halogenated alkanes) is 1. The van der Waals surface area contributed by atoms with Crippen LogP contribution in [0.1, 0.15) is 39.0 Å². The quantitative estimate of drug-likeness (QED) is 0.540. The Kier molecular flexibility index (Phi) is 5.36. The second-order valence-electron chi connectivity index (χ2n) is 4.36. The number of hydrogen-bond acceptors (Lipinski definition) is 3. The average Bonchev–Trinajstić information content (AvgIpc) is 2.49. The highest BCUT2D eigenvalue weighted by molar-refractivity contribution is 8.13. The molecule has 0 saturated heterocycles. The smallest absolute Gasteiger partial charge is 0.232 e. The second kappa shape index (κ2) is 6.06. The van der Waals surface area contributed by atoms with E-state index in [9.17, 15) is 8.42 Å². The van der Waals surface area contributed by atoms with Crippen LogP contribution in [0, 0.1) is 5.92 Å². The first-order chi connectivity index (χ1) is 6.97. The van der Waals surface area contributed by atoms with Crippen LogP contribution in [0.5, 0.6) is 0 Å². The highest BCUT2D eigenvalue weighted by atomic mass is 35.7. The van der Waals surface area contributed by atoms with E-state index in [1.54, 1.807) is 0 Å². The molecule has 15 heavy (non-hydrogen) atoms. The van der Waals surface area contributed by atoms with Crippen LogP contribution in [-0.2, 0) is 13.8 Å². The van der Waals surface area contributed by atoms with Crippen molar-refractivity contribution in [2.45, 2.75) is 45.1 Å². The Bertz CT molecular complexity index is 276. The molecule has 1 aliphatic rings. The van der Waals surface area contributed by atoms with Gasteiger partial charge in [0.05, 0.1) is 11.9 Å². The molecule has 1 aliphatic carbocycles. The summed E-state index contributed by atoms with van der Waals surface area (Å²) in [4.78, 5) is 0. The average molecular weight is 255 g/mol. The molecule has 2 atom stereocenters. The third kappa shape index (κ3) is 6.38. The molecule has 0 aromatic carbocycles. The van der Waals surface area contributed by atoms with E-state index in [4.69, 9.17) is 15.4 Å². The van der Waals surface area contributed by atoms with Gasteiger partial charge in [-0.05, 0) is 38.0 Å². The zero-order chi connectivity index (χ0) is 11.3. The van der Waals surface area contributed by atoms with Crippen LogP contribution >= 0.6 is 10.7 Å². The molecule has 0 aromatic heterocycles. The summed E-state index contributed by atoms with van der Waals surface area (Å²) < 4.78 is 26.9. The van der Waals surface area contributed by atoms with Crippen molar-refractivity contribution in [3.05, 3.63) is 0 Å². The summed E-state index contributed by atoms with van der Waals surface area (Å²) in [7, 11) is 1.77. The lowest BCUT2D eigenvalue weighted by Crippen LogP contribution is -2.10. The summed E-state index contributed by atoms with van der Waals surface area (Å²) in [5.74, 6) is 0.831. The minimum atomic E-state index is -3.32. The SMILES string of the molecule is CC1CCC(OCCCCS(=O)(=O)Cl)C1. The van der Waals surface area contributed by atoms with Crippen LogP contribution in [0.4, 0.5) is 0 Å². The molecule has 1 saturated carbocycles. The van der Waals surface area contributed by atoms with Crippen LogP contribution in [0.15, 0.2) is 0 Å². The zero-order valence-electron chi connectivity index (χ0n) is 9.12. The van der Waals surface area contributed by atoms with Crippen molar-refractivity contribution in [1.82, 2.24) is 0 Å². The Morgan fingerprint density at radius 2 is 2.07 bits per heavy atom. The highest BCUT2D eigenvalue weighted by Gasteiger charge is 2.21. The lowest BCUT2D eigenvalue weighted by Gasteiger charge is -2.10. The van der Waals surface area contributed by atoms with E-state index in [0.717, 1.165) is 25.2 Å². The molecule has 1 rings (SSSR count). The lowest BCUT2D eigenvalue weighted by atomic mass is 10.1. The normalized spacial score (nSPS) is 27.1. The van der Waals surface area contributed by atoms with Gasteiger partial charge in [0, 0.05) is 17.3 Å². The van der Waals surface area contributed by atoms with E-state index in [-0.39, 0.29) is 5.75 Å². The highest BCUT2D eigenvalue weighted by Crippen LogP contribution is 2.27. The summed E-state index contributed by atoms with van der Waals surface area (Å²) in [6.45, 7) is 2.90. The summed E-state index contributed by atoms with van der Waals surface area (Å²) in [5, 5.41) is 0. The maximum absolute atomic E-state index is 10.6.